The summed E-state index contributed by atoms with van der Waals surface area (Å²) in [6.45, 7) is 3.27. The van der Waals surface area contributed by atoms with Gasteiger partial charge in [0.2, 0.25) is 0 Å². The van der Waals surface area contributed by atoms with Gasteiger partial charge in [0.25, 0.3) is 0 Å². The first-order valence-corrected chi connectivity index (χ1v) is 5.91. The van der Waals surface area contributed by atoms with Crippen molar-refractivity contribution in [2.24, 2.45) is 10.7 Å². The van der Waals surface area contributed by atoms with Crippen molar-refractivity contribution >= 4 is 11.6 Å². The number of guanidine groups is 1. The van der Waals surface area contributed by atoms with Crippen LogP contribution >= 0.6 is 0 Å². The Morgan fingerprint density at radius 2 is 2.33 bits per heavy atom. The van der Waals surface area contributed by atoms with Gasteiger partial charge in [-0.2, -0.15) is 0 Å². The van der Waals surface area contributed by atoms with Crippen LogP contribution in [-0.4, -0.2) is 31.8 Å². The van der Waals surface area contributed by atoms with Crippen LogP contribution in [0, 0.1) is 5.82 Å². The molecule has 0 saturated carbocycles. The van der Waals surface area contributed by atoms with E-state index < -0.39 is 0 Å². The second-order valence-corrected chi connectivity index (χ2v) is 4.73. The summed E-state index contributed by atoms with van der Waals surface area (Å²) in [5.41, 5.74) is 6.39. The first-order valence-electron chi connectivity index (χ1n) is 5.91. The average molecular weight is 251 g/mol. The lowest BCUT2D eigenvalue weighted by Crippen LogP contribution is -2.50. The number of halogens is 1. The molecule has 1 unspecified atom stereocenters. The number of hydrogen-bond acceptors (Lipinski definition) is 4. The number of methoxy groups -OCH3 is 1. The van der Waals surface area contributed by atoms with E-state index in [-0.39, 0.29) is 11.4 Å². The molecule has 4 nitrogen and oxygen atoms in total. The lowest BCUT2D eigenvalue weighted by Gasteiger charge is -2.36. The first kappa shape index (κ1) is 12.8. The van der Waals surface area contributed by atoms with E-state index in [4.69, 9.17) is 10.5 Å². The van der Waals surface area contributed by atoms with Crippen LogP contribution in [-0.2, 0) is 4.74 Å². The Labute approximate surface area is 106 Å². The van der Waals surface area contributed by atoms with Gasteiger partial charge in [-0.15, -0.1) is 0 Å². The summed E-state index contributed by atoms with van der Waals surface area (Å²) in [5.74, 6) is 0.153. The minimum atomic E-state index is -0.277. The van der Waals surface area contributed by atoms with Gasteiger partial charge in [0.1, 0.15) is 5.82 Å². The molecule has 0 spiro atoms. The van der Waals surface area contributed by atoms with E-state index in [0.29, 0.717) is 19.1 Å². The largest absolute Gasteiger partial charge is 0.385 e. The molecule has 0 radical (unpaired) electrons. The number of hydrogen-bond donors (Lipinski definition) is 1. The molecule has 0 aliphatic carbocycles. The SMILES string of the molecule is COCCC1(C)CN=C(N)N1c1cccc(F)c1. The molecule has 0 aromatic heterocycles. The molecular formula is C13H18FN3O. The van der Waals surface area contributed by atoms with Crippen LogP contribution in [0.15, 0.2) is 29.3 Å². The van der Waals surface area contributed by atoms with E-state index in [1.807, 2.05) is 11.0 Å². The maximum atomic E-state index is 13.3. The Morgan fingerprint density at radius 3 is 3.00 bits per heavy atom. The van der Waals surface area contributed by atoms with Crippen LogP contribution in [0.2, 0.25) is 0 Å². The highest BCUT2D eigenvalue weighted by atomic mass is 19.1. The number of nitrogens with two attached hydrogens (primary N) is 1. The van der Waals surface area contributed by atoms with Crippen LogP contribution in [0.4, 0.5) is 10.1 Å². The summed E-state index contributed by atoms with van der Waals surface area (Å²) in [6, 6.07) is 6.40. The number of anilines is 1. The molecule has 0 saturated heterocycles. The molecule has 1 aromatic rings. The van der Waals surface area contributed by atoms with E-state index >= 15 is 0 Å². The fourth-order valence-electron chi connectivity index (χ4n) is 2.24. The minimum absolute atomic E-state index is 0.256. The van der Waals surface area contributed by atoms with E-state index in [0.717, 1.165) is 12.1 Å². The van der Waals surface area contributed by atoms with Crippen molar-refractivity contribution in [2.75, 3.05) is 25.2 Å². The van der Waals surface area contributed by atoms with Crippen molar-refractivity contribution in [2.45, 2.75) is 18.9 Å². The maximum Gasteiger partial charge on any atom is 0.196 e. The summed E-state index contributed by atoms with van der Waals surface area (Å²) < 4.78 is 18.4. The van der Waals surface area contributed by atoms with Crippen LogP contribution in [0.3, 0.4) is 0 Å². The molecular weight excluding hydrogens is 233 g/mol. The fraction of sp³-hybridized carbons (Fsp3) is 0.462. The summed E-state index contributed by atoms with van der Waals surface area (Å²) in [6.07, 6.45) is 0.782. The second-order valence-electron chi connectivity index (χ2n) is 4.73. The van der Waals surface area contributed by atoms with E-state index in [1.54, 1.807) is 13.2 Å². The molecule has 1 heterocycles. The van der Waals surface area contributed by atoms with Crippen molar-refractivity contribution in [1.29, 1.82) is 0 Å². The summed E-state index contributed by atoms with van der Waals surface area (Å²) in [4.78, 5) is 6.16. The molecule has 98 valence electrons. The van der Waals surface area contributed by atoms with E-state index in [1.165, 1.54) is 12.1 Å². The van der Waals surface area contributed by atoms with Crippen LogP contribution in [0.1, 0.15) is 13.3 Å². The average Bonchev–Trinajstić information content (AvgIpc) is 2.63. The number of aliphatic imine (C=N–C) groups is 1. The molecule has 2 N–H and O–H groups in total. The Kier molecular flexibility index (Phi) is 3.52. The summed E-state index contributed by atoms with van der Waals surface area (Å²) >= 11 is 0. The fourth-order valence-corrected chi connectivity index (χ4v) is 2.24. The Bertz CT molecular complexity index is 463. The van der Waals surface area contributed by atoms with Gasteiger partial charge >= 0.3 is 0 Å². The third-order valence-corrected chi connectivity index (χ3v) is 3.26. The number of ether oxygens (including phenoxy) is 1. The number of benzene rings is 1. The summed E-state index contributed by atoms with van der Waals surface area (Å²) in [5, 5.41) is 0. The molecule has 1 aromatic carbocycles. The third kappa shape index (κ3) is 2.31. The van der Waals surface area contributed by atoms with E-state index in [2.05, 4.69) is 11.9 Å². The predicted octanol–water partition coefficient (Wildman–Crippen LogP) is 1.76. The number of nitrogens with zero attached hydrogens (tertiary/aromatic N) is 2. The standard InChI is InChI=1S/C13H18FN3O/c1-13(6-7-18-2)9-16-12(15)17(13)11-5-3-4-10(14)8-11/h3-5,8H,6-7,9H2,1-2H3,(H2,15,16). The van der Waals surface area contributed by atoms with Crippen LogP contribution in [0.5, 0.6) is 0 Å². The van der Waals surface area contributed by atoms with Crippen molar-refractivity contribution in [3.05, 3.63) is 30.1 Å². The highest BCUT2D eigenvalue weighted by Gasteiger charge is 2.38. The third-order valence-electron chi connectivity index (χ3n) is 3.26. The smallest absolute Gasteiger partial charge is 0.196 e. The first-order chi connectivity index (χ1) is 8.57. The van der Waals surface area contributed by atoms with Gasteiger partial charge in [-0.3, -0.25) is 4.99 Å². The molecule has 0 amide bonds. The molecule has 18 heavy (non-hydrogen) atoms. The lowest BCUT2D eigenvalue weighted by atomic mass is 9.96. The normalized spacial score (nSPS) is 23.3. The topological polar surface area (TPSA) is 50.9 Å². The van der Waals surface area contributed by atoms with Gasteiger partial charge in [0.15, 0.2) is 5.96 Å². The lowest BCUT2D eigenvalue weighted by molar-refractivity contribution is 0.175. The van der Waals surface area contributed by atoms with Gasteiger partial charge in [-0.05, 0) is 31.5 Å². The Balaban J connectivity index is 2.30. The Hall–Kier alpha value is -1.62. The minimum Gasteiger partial charge on any atom is -0.385 e. The zero-order chi connectivity index (χ0) is 13.2. The molecule has 0 fully saturated rings. The number of rotatable bonds is 4. The molecule has 1 aliphatic heterocycles. The molecule has 1 aliphatic rings. The zero-order valence-corrected chi connectivity index (χ0v) is 10.7. The summed E-state index contributed by atoms with van der Waals surface area (Å²) in [7, 11) is 1.66. The van der Waals surface area contributed by atoms with Gasteiger partial charge in [-0.1, -0.05) is 6.07 Å². The molecule has 2 rings (SSSR count). The maximum absolute atomic E-state index is 13.3. The molecule has 1 atom stereocenters. The van der Waals surface area contributed by atoms with E-state index in [9.17, 15) is 4.39 Å². The second kappa shape index (κ2) is 4.94. The Morgan fingerprint density at radius 1 is 1.56 bits per heavy atom. The van der Waals surface area contributed by atoms with Crippen molar-refractivity contribution < 1.29 is 9.13 Å². The van der Waals surface area contributed by atoms with Gasteiger partial charge < -0.3 is 15.4 Å². The van der Waals surface area contributed by atoms with Crippen molar-refractivity contribution in [3.8, 4) is 0 Å². The van der Waals surface area contributed by atoms with Gasteiger partial charge in [0, 0.05) is 19.4 Å². The highest BCUT2D eigenvalue weighted by molar-refractivity contribution is 5.98. The van der Waals surface area contributed by atoms with Gasteiger partial charge in [-0.25, -0.2) is 4.39 Å². The zero-order valence-electron chi connectivity index (χ0n) is 10.7. The predicted molar refractivity (Wildman–Crippen MR) is 70.3 cm³/mol. The molecule has 0 bridgehead atoms. The van der Waals surface area contributed by atoms with Crippen LogP contribution in [0.25, 0.3) is 0 Å². The highest BCUT2D eigenvalue weighted by Crippen LogP contribution is 2.31. The van der Waals surface area contributed by atoms with Gasteiger partial charge in [0.05, 0.1) is 12.1 Å². The quantitative estimate of drug-likeness (QED) is 0.887. The van der Waals surface area contributed by atoms with Crippen LogP contribution < -0.4 is 10.6 Å². The van der Waals surface area contributed by atoms with Crippen molar-refractivity contribution in [3.63, 3.8) is 0 Å². The molecule has 5 heteroatoms. The monoisotopic (exact) mass is 251 g/mol. The van der Waals surface area contributed by atoms with Crippen molar-refractivity contribution in [1.82, 2.24) is 0 Å².